The predicted octanol–water partition coefficient (Wildman–Crippen LogP) is 0.148. The van der Waals surface area contributed by atoms with Crippen LogP contribution in [0.15, 0.2) is 4.63 Å². The molecule has 0 saturated carbocycles. The summed E-state index contributed by atoms with van der Waals surface area (Å²) >= 11 is 0. The van der Waals surface area contributed by atoms with Gasteiger partial charge in [0.05, 0.1) is 12.6 Å². The molecule has 13 heavy (non-hydrogen) atoms. The molecule has 1 rings (SSSR count). The van der Waals surface area contributed by atoms with Crippen molar-refractivity contribution in [1.82, 2.24) is 10.3 Å². The highest BCUT2D eigenvalue weighted by atomic mass is 16.6. The highest BCUT2D eigenvalue weighted by molar-refractivity contribution is 5.39. The van der Waals surface area contributed by atoms with Gasteiger partial charge in [0, 0.05) is 13.7 Å². The molecule has 1 unspecified atom stereocenters. The van der Waals surface area contributed by atoms with Crippen molar-refractivity contribution >= 4 is 5.82 Å². The number of methoxy groups -OCH3 is 1. The van der Waals surface area contributed by atoms with Crippen molar-refractivity contribution in [3.63, 3.8) is 0 Å². The Bertz CT molecular complexity index is 248. The predicted molar refractivity (Wildman–Crippen MR) is 47.3 cm³/mol. The number of ether oxygens (including phenoxy) is 1. The maximum Gasteiger partial charge on any atom is 0.195 e. The van der Waals surface area contributed by atoms with Crippen molar-refractivity contribution in [2.75, 3.05) is 25.6 Å². The van der Waals surface area contributed by atoms with Crippen LogP contribution in [0.1, 0.15) is 18.7 Å². The minimum Gasteiger partial charge on any atom is -0.383 e. The number of hydrogen-bond acceptors (Lipinski definition) is 6. The van der Waals surface area contributed by atoms with Crippen LogP contribution in [0.4, 0.5) is 5.82 Å². The smallest absolute Gasteiger partial charge is 0.195 e. The van der Waals surface area contributed by atoms with Gasteiger partial charge in [0.15, 0.2) is 5.82 Å². The summed E-state index contributed by atoms with van der Waals surface area (Å²) in [5, 5.41) is 10.4. The third-order valence-corrected chi connectivity index (χ3v) is 1.54. The zero-order chi connectivity index (χ0) is 9.68. The second-order valence-electron chi connectivity index (χ2n) is 2.71. The largest absolute Gasteiger partial charge is 0.383 e. The monoisotopic (exact) mass is 186 g/mol. The number of rotatable bonds is 5. The van der Waals surface area contributed by atoms with Crippen molar-refractivity contribution < 1.29 is 9.37 Å². The quantitative estimate of drug-likeness (QED) is 0.636. The maximum atomic E-state index is 5.63. The van der Waals surface area contributed by atoms with Gasteiger partial charge >= 0.3 is 0 Å². The van der Waals surface area contributed by atoms with E-state index in [1.54, 1.807) is 7.11 Å². The highest BCUT2D eigenvalue weighted by Gasteiger charge is 2.12. The van der Waals surface area contributed by atoms with Crippen molar-refractivity contribution in [1.29, 1.82) is 0 Å². The van der Waals surface area contributed by atoms with E-state index in [2.05, 4.69) is 20.3 Å². The van der Waals surface area contributed by atoms with E-state index in [0.29, 0.717) is 24.7 Å². The van der Waals surface area contributed by atoms with Crippen LogP contribution in [0.2, 0.25) is 0 Å². The van der Waals surface area contributed by atoms with Crippen LogP contribution in [0, 0.1) is 0 Å². The Morgan fingerprint density at radius 1 is 1.62 bits per heavy atom. The number of nitrogens with one attached hydrogen (secondary N) is 1. The molecular formula is C7H14N4O2. The van der Waals surface area contributed by atoms with E-state index in [0.717, 1.165) is 0 Å². The molecule has 0 spiro atoms. The van der Waals surface area contributed by atoms with Gasteiger partial charge in [-0.1, -0.05) is 5.16 Å². The Labute approximate surface area is 76.4 Å². The van der Waals surface area contributed by atoms with Gasteiger partial charge in [-0.25, -0.2) is 4.63 Å². The van der Waals surface area contributed by atoms with Crippen LogP contribution in [0.5, 0.6) is 0 Å². The fourth-order valence-corrected chi connectivity index (χ4v) is 0.888. The average Bonchev–Trinajstić information content (AvgIpc) is 2.53. The Kier molecular flexibility index (Phi) is 3.66. The molecule has 0 bridgehead atoms. The molecule has 0 radical (unpaired) electrons. The Balaban J connectivity index is 2.50. The topological polar surface area (TPSA) is 86.2 Å². The van der Waals surface area contributed by atoms with Crippen LogP contribution >= 0.6 is 0 Å². The lowest BCUT2D eigenvalue weighted by atomic mass is 10.2. The van der Waals surface area contributed by atoms with Gasteiger partial charge in [0.1, 0.15) is 5.69 Å². The molecule has 0 amide bonds. The number of hydrogen-bond donors (Lipinski definition) is 2. The van der Waals surface area contributed by atoms with Gasteiger partial charge in [-0.3, -0.25) is 0 Å². The highest BCUT2D eigenvalue weighted by Crippen LogP contribution is 2.15. The molecule has 0 fully saturated rings. The zero-order valence-electron chi connectivity index (χ0n) is 7.78. The van der Waals surface area contributed by atoms with Gasteiger partial charge in [0.25, 0.3) is 0 Å². The zero-order valence-corrected chi connectivity index (χ0v) is 7.78. The van der Waals surface area contributed by atoms with E-state index in [-0.39, 0.29) is 6.04 Å². The molecule has 1 heterocycles. The third-order valence-electron chi connectivity index (χ3n) is 1.54. The lowest BCUT2D eigenvalue weighted by Crippen LogP contribution is -2.13. The molecule has 0 aromatic carbocycles. The molecule has 0 aliphatic heterocycles. The summed E-state index contributed by atoms with van der Waals surface area (Å²) in [4.78, 5) is 0. The lowest BCUT2D eigenvalue weighted by Gasteiger charge is -2.04. The fourth-order valence-electron chi connectivity index (χ4n) is 0.888. The molecule has 74 valence electrons. The van der Waals surface area contributed by atoms with Crippen LogP contribution in [-0.2, 0) is 4.74 Å². The lowest BCUT2D eigenvalue weighted by molar-refractivity contribution is 0.210. The number of nitrogens with two attached hydrogens (primary N) is 1. The number of anilines is 1. The summed E-state index contributed by atoms with van der Waals surface area (Å²) in [6, 6.07) is -0.184. The van der Waals surface area contributed by atoms with Gasteiger partial charge in [-0.15, -0.1) is 0 Å². The summed E-state index contributed by atoms with van der Waals surface area (Å²) in [6.45, 7) is 3.08. The standard InChI is InChI=1S/C7H14N4O2/c1-5(8)6-7(11-13-10-6)9-3-4-12-2/h5H,3-4,8H2,1-2H3,(H,9,11). The van der Waals surface area contributed by atoms with Crippen molar-refractivity contribution in [2.45, 2.75) is 13.0 Å². The van der Waals surface area contributed by atoms with E-state index in [4.69, 9.17) is 10.5 Å². The van der Waals surface area contributed by atoms with E-state index >= 15 is 0 Å². The van der Waals surface area contributed by atoms with Crippen LogP contribution in [0.3, 0.4) is 0 Å². The summed E-state index contributed by atoms with van der Waals surface area (Å²) < 4.78 is 9.42. The fraction of sp³-hybridized carbons (Fsp3) is 0.714. The third kappa shape index (κ3) is 2.67. The van der Waals surface area contributed by atoms with Crippen LogP contribution < -0.4 is 11.1 Å². The summed E-state index contributed by atoms with van der Waals surface area (Å²) in [5.41, 5.74) is 6.26. The van der Waals surface area contributed by atoms with Crippen LogP contribution in [0.25, 0.3) is 0 Å². The molecule has 0 aliphatic carbocycles. The first-order chi connectivity index (χ1) is 6.25. The van der Waals surface area contributed by atoms with Gasteiger partial charge in [-0.05, 0) is 12.1 Å². The van der Waals surface area contributed by atoms with E-state index in [1.807, 2.05) is 6.92 Å². The number of aromatic nitrogens is 2. The maximum absolute atomic E-state index is 5.63. The second-order valence-corrected chi connectivity index (χ2v) is 2.71. The molecule has 6 heteroatoms. The number of nitrogens with zero attached hydrogens (tertiary/aromatic N) is 2. The summed E-state index contributed by atoms with van der Waals surface area (Å²) in [6.07, 6.45) is 0. The first-order valence-corrected chi connectivity index (χ1v) is 4.06. The van der Waals surface area contributed by atoms with Gasteiger partial charge in [-0.2, -0.15) is 0 Å². The van der Waals surface area contributed by atoms with Gasteiger partial charge in [0.2, 0.25) is 0 Å². The first-order valence-electron chi connectivity index (χ1n) is 4.06. The minimum absolute atomic E-state index is 0.184. The second kappa shape index (κ2) is 4.78. The van der Waals surface area contributed by atoms with E-state index < -0.39 is 0 Å². The van der Waals surface area contributed by atoms with Crippen molar-refractivity contribution in [3.8, 4) is 0 Å². The molecule has 6 nitrogen and oxygen atoms in total. The molecule has 1 aromatic rings. The molecule has 1 aromatic heterocycles. The molecular weight excluding hydrogens is 172 g/mol. The first kappa shape index (κ1) is 9.94. The van der Waals surface area contributed by atoms with Crippen molar-refractivity contribution in [2.24, 2.45) is 5.73 Å². The average molecular weight is 186 g/mol. The summed E-state index contributed by atoms with van der Waals surface area (Å²) in [7, 11) is 1.63. The molecule has 0 aliphatic rings. The van der Waals surface area contributed by atoms with Crippen LogP contribution in [-0.4, -0.2) is 30.6 Å². The van der Waals surface area contributed by atoms with E-state index in [1.165, 1.54) is 0 Å². The Hall–Kier alpha value is -1.14. The SMILES string of the molecule is COCCNc1nonc1C(C)N. The van der Waals surface area contributed by atoms with Gasteiger partial charge < -0.3 is 15.8 Å². The minimum atomic E-state index is -0.184. The Morgan fingerprint density at radius 2 is 2.38 bits per heavy atom. The van der Waals surface area contributed by atoms with E-state index in [9.17, 15) is 0 Å². The molecule has 3 N–H and O–H groups in total. The molecule has 0 saturated heterocycles. The summed E-state index contributed by atoms with van der Waals surface area (Å²) in [5.74, 6) is 0.590. The Morgan fingerprint density at radius 3 is 3.00 bits per heavy atom. The van der Waals surface area contributed by atoms with Crippen molar-refractivity contribution in [3.05, 3.63) is 5.69 Å². The molecule has 1 atom stereocenters. The normalized spacial score (nSPS) is 12.8.